The molecule has 0 aliphatic heterocycles. The summed E-state index contributed by atoms with van der Waals surface area (Å²) < 4.78 is 27.1. The molecule has 0 atom stereocenters. The zero-order valence-corrected chi connectivity index (χ0v) is 9.61. The third kappa shape index (κ3) is 4.27. The molecule has 0 heterocycles. The molecule has 16 heavy (non-hydrogen) atoms. The first-order valence-electron chi connectivity index (χ1n) is 4.56. The van der Waals surface area contributed by atoms with Crippen molar-refractivity contribution >= 4 is 21.9 Å². The molecule has 0 aliphatic carbocycles. The van der Waals surface area contributed by atoms with Gasteiger partial charge in [-0.05, 0) is 11.6 Å². The summed E-state index contributed by atoms with van der Waals surface area (Å²) in [5.74, 6) is -1.40. The highest BCUT2D eigenvalue weighted by Gasteiger charge is 2.13. The van der Waals surface area contributed by atoms with Crippen LogP contribution in [-0.4, -0.2) is 27.2 Å². The highest BCUT2D eigenvalue weighted by Crippen LogP contribution is 2.04. The zero-order chi connectivity index (χ0) is 12.0. The molecule has 1 rings (SSSR count). The number of methoxy groups -OCH3 is 1. The monoisotopic (exact) mass is 240 g/mol. The Morgan fingerprint density at radius 1 is 1.31 bits per heavy atom. The Bertz CT molecular complexity index is 474. The van der Waals surface area contributed by atoms with Crippen molar-refractivity contribution in [1.82, 2.24) is 0 Å². The van der Waals surface area contributed by atoms with Crippen molar-refractivity contribution in [3.63, 3.8) is 0 Å². The van der Waals surface area contributed by atoms with Crippen molar-refractivity contribution in [2.24, 2.45) is 0 Å². The Balaban J connectivity index is 2.74. The van der Waals surface area contributed by atoms with E-state index >= 15 is 0 Å². The van der Waals surface area contributed by atoms with Gasteiger partial charge in [0.2, 0.25) is 0 Å². The van der Waals surface area contributed by atoms with E-state index in [1.54, 1.807) is 24.3 Å². The molecule has 86 valence electrons. The molecule has 0 fully saturated rings. The molecule has 0 amide bonds. The van der Waals surface area contributed by atoms with Gasteiger partial charge < -0.3 is 4.74 Å². The van der Waals surface area contributed by atoms with Crippen LogP contribution in [0.25, 0.3) is 6.08 Å². The predicted octanol–water partition coefficient (Wildman–Crippen LogP) is 1.25. The summed E-state index contributed by atoms with van der Waals surface area (Å²) in [6, 6.07) is 8.97. The Kier molecular flexibility index (Phi) is 4.25. The lowest BCUT2D eigenvalue weighted by molar-refractivity contribution is -0.137. The standard InChI is InChI=1S/C11H12O4S/c1-15-11(12)9-16(13,14)8-7-10-5-3-2-4-6-10/h2-8H,9H2,1H3/b8-7+. The van der Waals surface area contributed by atoms with Crippen LogP contribution in [-0.2, 0) is 19.4 Å². The summed E-state index contributed by atoms with van der Waals surface area (Å²) in [6.07, 6.45) is 1.44. The van der Waals surface area contributed by atoms with Crippen molar-refractivity contribution < 1.29 is 17.9 Å². The maximum absolute atomic E-state index is 11.4. The van der Waals surface area contributed by atoms with Gasteiger partial charge in [0.25, 0.3) is 0 Å². The molecule has 0 bridgehead atoms. The van der Waals surface area contributed by atoms with Crippen LogP contribution in [0.5, 0.6) is 0 Å². The quantitative estimate of drug-likeness (QED) is 0.743. The van der Waals surface area contributed by atoms with Gasteiger partial charge >= 0.3 is 5.97 Å². The molecular weight excluding hydrogens is 228 g/mol. The summed E-state index contributed by atoms with van der Waals surface area (Å²) in [5, 5.41) is 1.01. The van der Waals surface area contributed by atoms with Gasteiger partial charge in [-0.2, -0.15) is 0 Å². The molecule has 0 radical (unpaired) electrons. The van der Waals surface area contributed by atoms with E-state index in [-0.39, 0.29) is 0 Å². The topological polar surface area (TPSA) is 60.4 Å². The van der Waals surface area contributed by atoms with Crippen LogP contribution in [0.1, 0.15) is 5.56 Å². The molecule has 1 aromatic carbocycles. The molecular formula is C11H12O4S. The number of esters is 1. The molecule has 0 saturated heterocycles. The van der Waals surface area contributed by atoms with Crippen molar-refractivity contribution in [3.05, 3.63) is 41.3 Å². The fourth-order valence-electron chi connectivity index (χ4n) is 1.02. The Labute approximate surface area is 94.5 Å². The van der Waals surface area contributed by atoms with Gasteiger partial charge in [-0.1, -0.05) is 30.3 Å². The molecule has 0 N–H and O–H groups in total. The second kappa shape index (κ2) is 5.46. The van der Waals surface area contributed by atoms with E-state index in [2.05, 4.69) is 4.74 Å². The minimum absolute atomic E-state index is 0.632. The predicted molar refractivity (Wildman–Crippen MR) is 61.3 cm³/mol. The number of sulfone groups is 1. The van der Waals surface area contributed by atoms with Gasteiger partial charge in [-0.25, -0.2) is 8.42 Å². The summed E-state index contributed by atoms with van der Waals surface area (Å²) in [5.41, 5.74) is 0.760. The first-order valence-corrected chi connectivity index (χ1v) is 6.28. The highest BCUT2D eigenvalue weighted by atomic mass is 32.2. The second-order valence-electron chi connectivity index (χ2n) is 3.10. The number of ether oxygens (including phenoxy) is 1. The fraction of sp³-hybridized carbons (Fsp3) is 0.182. The van der Waals surface area contributed by atoms with E-state index in [4.69, 9.17) is 0 Å². The lowest BCUT2D eigenvalue weighted by Crippen LogP contribution is -2.14. The second-order valence-corrected chi connectivity index (χ2v) is 4.98. The van der Waals surface area contributed by atoms with Crippen LogP contribution < -0.4 is 0 Å². The van der Waals surface area contributed by atoms with E-state index in [9.17, 15) is 13.2 Å². The number of benzene rings is 1. The number of carbonyl (C=O) groups is 1. The molecule has 0 saturated carbocycles. The Morgan fingerprint density at radius 2 is 1.94 bits per heavy atom. The normalized spacial score (nSPS) is 11.6. The highest BCUT2D eigenvalue weighted by molar-refractivity contribution is 7.95. The SMILES string of the molecule is COC(=O)CS(=O)(=O)/C=C/c1ccccc1. The molecule has 0 spiro atoms. The Hall–Kier alpha value is -1.62. The van der Waals surface area contributed by atoms with Crippen LogP contribution in [0, 0.1) is 0 Å². The van der Waals surface area contributed by atoms with E-state index in [1.807, 2.05) is 6.07 Å². The number of hydrogen-bond donors (Lipinski definition) is 0. The lowest BCUT2D eigenvalue weighted by Gasteiger charge is -1.97. The van der Waals surface area contributed by atoms with Crippen molar-refractivity contribution in [2.45, 2.75) is 0 Å². The summed E-state index contributed by atoms with van der Waals surface area (Å²) in [4.78, 5) is 10.8. The largest absolute Gasteiger partial charge is 0.468 e. The minimum Gasteiger partial charge on any atom is -0.468 e. The minimum atomic E-state index is -3.55. The molecule has 0 aliphatic rings. The van der Waals surface area contributed by atoms with Gasteiger partial charge in [0.05, 0.1) is 7.11 Å². The number of hydrogen-bond acceptors (Lipinski definition) is 4. The van der Waals surface area contributed by atoms with Gasteiger partial charge in [0.15, 0.2) is 15.6 Å². The zero-order valence-electron chi connectivity index (χ0n) is 8.79. The van der Waals surface area contributed by atoms with Crippen molar-refractivity contribution in [3.8, 4) is 0 Å². The smallest absolute Gasteiger partial charge is 0.321 e. The first kappa shape index (κ1) is 12.4. The van der Waals surface area contributed by atoms with Crippen LogP contribution >= 0.6 is 0 Å². The van der Waals surface area contributed by atoms with E-state index in [1.165, 1.54) is 6.08 Å². The van der Waals surface area contributed by atoms with Crippen LogP contribution in [0.4, 0.5) is 0 Å². The number of carbonyl (C=O) groups excluding carboxylic acids is 1. The lowest BCUT2D eigenvalue weighted by atomic mass is 10.2. The third-order valence-corrected chi connectivity index (χ3v) is 3.00. The van der Waals surface area contributed by atoms with Gasteiger partial charge in [0, 0.05) is 5.41 Å². The summed E-state index contributed by atoms with van der Waals surface area (Å²) >= 11 is 0. The summed E-state index contributed by atoms with van der Waals surface area (Å²) in [7, 11) is -2.39. The van der Waals surface area contributed by atoms with Gasteiger partial charge in [-0.3, -0.25) is 4.79 Å². The van der Waals surface area contributed by atoms with E-state index in [0.29, 0.717) is 0 Å². The average Bonchev–Trinajstić information content (AvgIpc) is 2.27. The van der Waals surface area contributed by atoms with Crippen molar-refractivity contribution in [1.29, 1.82) is 0 Å². The molecule has 4 nitrogen and oxygen atoms in total. The molecule has 5 heteroatoms. The van der Waals surface area contributed by atoms with Crippen LogP contribution in [0.15, 0.2) is 35.7 Å². The van der Waals surface area contributed by atoms with Gasteiger partial charge in [-0.15, -0.1) is 0 Å². The first-order chi connectivity index (χ1) is 7.53. The third-order valence-electron chi connectivity index (χ3n) is 1.81. The molecule has 1 aromatic rings. The molecule has 0 unspecified atom stereocenters. The van der Waals surface area contributed by atoms with Crippen molar-refractivity contribution in [2.75, 3.05) is 12.9 Å². The summed E-state index contributed by atoms with van der Waals surface area (Å²) in [6.45, 7) is 0. The van der Waals surface area contributed by atoms with Gasteiger partial charge in [0.1, 0.15) is 0 Å². The average molecular weight is 240 g/mol. The number of rotatable bonds is 4. The van der Waals surface area contributed by atoms with Crippen LogP contribution in [0.3, 0.4) is 0 Å². The van der Waals surface area contributed by atoms with Crippen LogP contribution in [0.2, 0.25) is 0 Å². The maximum atomic E-state index is 11.4. The van der Waals surface area contributed by atoms with E-state index < -0.39 is 21.6 Å². The molecule has 0 aromatic heterocycles. The fourth-order valence-corrected chi connectivity index (χ4v) is 1.92. The van der Waals surface area contributed by atoms with E-state index in [0.717, 1.165) is 18.1 Å². The maximum Gasteiger partial charge on any atom is 0.321 e. The Morgan fingerprint density at radius 3 is 2.50 bits per heavy atom.